The number of sulfonamides is 1. The number of ketones is 1. The van der Waals surface area contributed by atoms with E-state index in [9.17, 15) is 13.2 Å². The van der Waals surface area contributed by atoms with Gasteiger partial charge in [-0.25, -0.2) is 13.4 Å². The van der Waals surface area contributed by atoms with Gasteiger partial charge in [0.05, 0.1) is 4.90 Å². The number of Topliss-reactive ketones (excluding diaryl/α,β-unsaturated/α-hetero) is 1. The fraction of sp³-hybridized carbons (Fsp3) is 0.231. The maximum Gasteiger partial charge on any atom is 0.263 e. The lowest BCUT2D eigenvalue weighted by atomic mass is 10.2. The van der Waals surface area contributed by atoms with E-state index < -0.39 is 10.0 Å². The highest BCUT2D eigenvalue weighted by atomic mass is 35.5. The Morgan fingerprint density at radius 1 is 1.33 bits per heavy atom. The third-order valence-corrected chi connectivity index (χ3v) is 5.13. The van der Waals surface area contributed by atoms with E-state index in [1.54, 1.807) is 12.1 Å². The Labute approximate surface area is 132 Å². The predicted octanol–water partition coefficient (Wildman–Crippen LogP) is 2.93. The standard InChI is InChI=1S/C13H13ClN2O3S2/c1-9(17)12-8-20-13(15-12)16-21(18,19)11-4-2-10(3-5-11)6-7-14/h2-5,8H,6-7H2,1H3,(H,15,16). The maximum atomic E-state index is 12.2. The summed E-state index contributed by atoms with van der Waals surface area (Å²) in [6, 6.07) is 6.48. The zero-order valence-electron chi connectivity index (χ0n) is 11.2. The van der Waals surface area contributed by atoms with E-state index in [0.29, 0.717) is 12.3 Å². The molecule has 5 nitrogen and oxygen atoms in total. The zero-order chi connectivity index (χ0) is 15.5. The van der Waals surface area contributed by atoms with E-state index in [0.717, 1.165) is 16.9 Å². The first-order chi connectivity index (χ1) is 9.92. The third-order valence-electron chi connectivity index (χ3n) is 2.70. The van der Waals surface area contributed by atoms with Gasteiger partial charge in [-0.05, 0) is 24.1 Å². The second kappa shape index (κ2) is 6.55. The van der Waals surface area contributed by atoms with Gasteiger partial charge >= 0.3 is 0 Å². The van der Waals surface area contributed by atoms with Gasteiger partial charge in [0, 0.05) is 18.2 Å². The van der Waals surface area contributed by atoms with Gasteiger partial charge in [0.25, 0.3) is 10.0 Å². The van der Waals surface area contributed by atoms with E-state index >= 15 is 0 Å². The van der Waals surface area contributed by atoms with Crippen molar-refractivity contribution in [3.63, 3.8) is 0 Å². The van der Waals surface area contributed by atoms with Crippen LogP contribution in [0.4, 0.5) is 5.13 Å². The van der Waals surface area contributed by atoms with Crippen LogP contribution >= 0.6 is 22.9 Å². The molecule has 112 valence electrons. The molecule has 0 aliphatic rings. The number of aryl methyl sites for hydroxylation is 1. The monoisotopic (exact) mass is 344 g/mol. The Balaban J connectivity index is 2.18. The molecule has 0 spiro atoms. The van der Waals surface area contributed by atoms with Crippen molar-refractivity contribution in [3.05, 3.63) is 40.9 Å². The van der Waals surface area contributed by atoms with Gasteiger partial charge < -0.3 is 0 Å². The van der Waals surface area contributed by atoms with Crippen LogP contribution in [-0.4, -0.2) is 25.1 Å². The minimum Gasteiger partial charge on any atom is -0.293 e. The molecule has 0 aliphatic carbocycles. The van der Waals surface area contributed by atoms with Gasteiger partial charge in [0.2, 0.25) is 0 Å². The fourth-order valence-corrected chi connectivity index (χ4v) is 3.82. The van der Waals surface area contributed by atoms with Crippen molar-refractivity contribution in [1.29, 1.82) is 0 Å². The Morgan fingerprint density at radius 2 is 2.00 bits per heavy atom. The van der Waals surface area contributed by atoms with E-state index in [-0.39, 0.29) is 21.5 Å². The number of alkyl halides is 1. The van der Waals surface area contributed by atoms with E-state index in [1.165, 1.54) is 24.4 Å². The van der Waals surface area contributed by atoms with Crippen LogP contribution in [0.25, 0.3) is 0 Å². The molecule has 1 N–H and O–H groups in total. The number of aromatic nitrogens is 1. The first-order valence-electron chi connectivity index (χ1n) is 6.06. The Morgan fingerprint density at radius 3 is 2.52 bits per heavy atom. The second-order valence-electron chi connectivity index (χ2n) is 4.28. The average Bonchev–Trinajstić information content (AvgIpc) is 2.88. The van der Waals surface area contributed by atoms with Crippen LogP contribution in [0, 0.1) is 0 Å². The molecule has 1 heterocycles. The van der Waals surface area contributed by atoms with Crippen molar-refractivity contribution in [3.8, 4) is 0 Å². The number of carbonyl (C=O) groups excluding carboxylic acids is 1. The molecule has 1 aromatic carbocycles. The average molecular weight is 345 g/mol. The molecule has 0 unspecified atom stereocenters. The summed E-state index contributed by atoms with van der Waals surface area (Å²) in [5, 5.41) is 1.69. The summed E-state index contributed by atoms with van der Waals surface area (Å²) in [5.74, 6) is 0.277. The molecule has 21 heavy (non-hydrogen) atoms. The van der Waals surface area contributed by atoms with Gasteiger partial charge in [-0.2, -0.15) is 0 Å². The quantitative estimate of drug-likeness (QED) is 0.645. The molecule has 2 rings (SSSR count). The van der Waals surface area contributed by atoms with Crippen LogP contribution in [0.2, 0.25) is 0 Å². The van der Waals surface area contributed by atoms with E-state index in [2.05, 4.69) is 9.71 Å². The summed E-state index contributed by atoms with van der Waals surface area (Å²) in [6.07, 6.45) is 0.684. The molecular weight excluding hydrogens is 332 g/mol. The van der Waals surface area contributed by atoms with E-state index in [4.69, 9.17) is 11.6 Å². The van der Waals surface area contributed by atoms with Gasteiger partial charge in [0.15, 0.2) is 10.9 Å². The van der Waals surface area contributed by atoms with Crippen LogP contribution in [0.3, 0.4) is 0 Å². The number of anilines is 1. The number of hydrogen-bond acceptors (Lipinski definition) is 5. The molecule has 0 fully saturated rings. The Hall–Kier alpha value is -1.44. The number of thiazole rings is 1. The first-order valence-corrected chi connectivity index (χ1v) is 8.96. The molecule has 0 atom stereocenters. The van der Waals surface area contributed by atoms with Gasteiger partial charge in [-0.15, -0.1) is 22.9 Å². The van der Waals surface area contributed by atoms with Crippen molar-refractivity contribution in [2.45, 2.75) is 18.2 Å². The van der Waals surface area contributed by atoms with Crippen LogP contribution in [0.15, 0.2) is 34.5 Å². The second-order valence-corrected chi connectivity index (χ2v) is 7.20. The largest absolute Gasteiger partial charge is 0.293 e. The summed E-state index contributed by atoms with van der Waals surface area (Å²) in [4.78, 5) is 15.2. The topological polar surface area (TPSA) is 76.1 Å². The van der Waals surface area contributed by atoms with Crippen molar-refractivity contribution >= 4 is 43.9 Å². The molecule has 0 amide bonds. The zero-order valence-corrected chi connectivity index (χ0v) is 13.6. The number of carbonyl (C=O) groups is 1. The number of benzene rings is 1. The lowest BCUT2D eigenvalue weighted by Crippen LogP contribution is -2.13. The first kappa shape index (κ1) is 15.9. The van der Waals surface area contributed by atoms with Gasteiger partial charge in [-0.3, -0.25) is 9.52 Å². The smallest absolute Gasteiger partial charge is 0.263 e. The highest BCUT2D eigenvalue weighted by Crippen LogP contribution is 2.20. The summed E-state index contributed by atoms with van der Waals surface area (Å²) >= 11 is 6.71. The number of nitrogens with zero attached hydrogens (tertiary/aromatic N) is 1. The van der Waals surface area contributed by atoms with Crippen molar-refractivity contribution in [1.82, 2.24) is 4.98 Å². The summed E-state index contributed by atoms with van der Waals surface area (Å²) < 4.78 is 26.8. The number of halogens is 1. The third kappa shape index (κ3) is 4.03. The van der Waals surface area contributed by atoms with Crippen molar-refractivity contribution < 1.29 is 13.2 Å². The fourth-order valence-electron chi connectivity index (χ4n) is 1.60. The van der Waals surface area contributed by atoms with Gasteiger partial charge in [0.1, 0.15) is 5.69 Å². The van der Waals surface area contributed by atoms with Crippen molar-refractivity contribution in [2.24, 2.45) is 0 Å². The predicted molar refractivity (Wildman–Crippen MR) is 83.8 cm³/mol. The Bertz CT molecular complexity index is 739. The number of nitrogens with one attached hydrogen (secondary N) is 1. The molecule has 2 aromatic rings. The normalized spacial score (nSPS) is 11.3. The van der Waals surface area contributed by atoms with Crippen LogP contribution in [-0.2, 0) is 16.4 Å². The maximum absolute atomic E-state index is 12.2. The minimum atomic E-state index is -3.70. The van der Waals surface area contributed by atoms with Crippen LogP contribution in [0.5, 0.6) is 0 Å². The minimum absolute atomic E-state index is 0.139. The number of rotatable bonds is 6. The molecule has 0 aliphatic heterocycles. The summed E-state index contributed by atoms with van der Waals surface area (Å²) in [5.41, 5.74) is 1.22. The molecule has 8 heteroatoms. The lowest BCUT2D eigenvalue weighted by molar-refractivity contribution is 0.101. The highest BCUT2D eigenvalue weighted by Gasteiger charge is 2.16. The molecular formula is C13H13ClN2O3S2. The Kier molecular flexibility index (Phi) is 4.97. The summed E-state index contributed by atoms with van der Waals surface area (Å²) in [7, 11) is -3.70. The molecule has 0 bridgehead atoms. The van der Waals surface area contributed by atoms with Crippen molar-refractivity contribution in [2.75, 3.05) is 10.6 Å². The molecule has 1 aromatic heterocycles. The van der Waals surface area contributed by atoms with Gasteiger partial charge in [-0.1, -0.05) is 12.1 Å². The molecule has 0 radical (unpaired) electrons. The summed E-state index contributed by atoms with van der Waals surface area (Å²) in [6.45, 7) is 1.38. The number of hydrogen-bond donors (Lipinski definition) is 1. The lowest BCUT2D eigenvalue weighted by Gasteiger charge is -2.06. The highest BCUT2D eigenvalue weighted by molar-refractivity contribution is 7.93. The molecule has 0 saturated heterocycles. The SMILES string of the molecule is CC(=O)c1csc(NS(=O)(=O)c2ccc(CCCl)cc2)n1. The van der Waals surface area contributed by atoms with Crippen LogP contribution in [0.1, 0.15) is 23.0 Å². The molecule has 0 saturated carbocycles. The van der Waals surface area contributed by atoms with E-state index in [1.807, 2.05) is 0 Å². The van der Waals surface area contributed by atoms with Crippen LogP contribution < -0.4 is 4.72 Å².